The second-order valence-corrected chi connectivity index (χ2v) is 11.7. The van der Waals surface area contributed by atoms with Crippen molar-refractivity contribution in [3.05, 3.63) is 70.3 Å². The van der Waals surface area contributed by atoms with Crippen molar-refractivity contribution in [3.63, 3.8) is 0 Å². The maximum absolute atomic E-state index is 13.4. The number of rotatable bonds is 10. The van der Waals surface area contributed by atoms with E-state index in [0.29, 0.717) is 12.0 Å². The largest absolute Gasteiger partial charge is 0.383 e. The first kappa shape index (κ1) is 28.4. The summed E-state index contributed by atoms with van der Waals surface area (Å²) in [6.45, 7) is 14.7. The first-order valence-corrected chi connectivity index (χ1v) is 14.6. The number of piperidine rings is 1. The Bertz CT molecular complexity index is 1130. The highest BCUT2D eigenvalue weighted by Crippen LogP contribution is 2.40. The first-order chi connectivity index (χ1) is 18.2. The molecule has 4 rings (SSSR count). The second-order valence-electron chi connectivity index (χ2n) is 11.7. The highest BCUT2D eigenvalue weighted by molar-refractivity contribution is 5.98. The van der Waals surface area contributed by atoms with Crippen LogP contribution in [0.25, 0.3) is 5.70 Å². The molecule has 5 nitrogen and oxygen atoms in total. The summed E-state index contributed by atoms with van der Waals surface area (Å²) in [7, 11) is 4.37. The molecule has 2 bridgehead atoms. The third-order valence-corrected chi connectivity index (χ3v) is 8.10. The molecule has 2 unspecified atom stereocenters. The molecule has 0 saturated carbocycles. The molecule has 0 amide bonds. The van der Waals surface area contributed by atoms with Crippen LogP contribution < -0.4 is 15.5 Å². The number of likely N-dealkylation sites (tertiary alicyclic amines) is 1. The lowest BCUT2D eigenvalue weighted by Crippen LogP contribution is -2.46. The number of benzene rings is 1. The van der Waals surface area contributed by atoms with E-state index in [1.807, 2.05) is 6.08 Å². The van der Waals surface area contributed by atoms with Crippen molar-refractivity contribution in [2.75, 3.05) is 45.2 Å². The first-order valence-electron chi connectivity index (χ1n) is 14.6. The highest BCUT2D eigenvalue weighted by Gasteiger charge is 2.39. The fourth-order valence-electron chi connectivity index (χ4n) is 6.25. The van der Waals surface area contributed by atoms with Gasteiger partial charge in [0.15, 0.2) is 5.78 Å². The molecule has 2 aliphatic carbocycles. The summed E-state index contributed by atoms with van der Waals surface area (Å²) < 4.78 is 0. The van der Waals surface area contributed by atoms with Gasteiger partial charge in [-0.05, 0) is 108 Å². The number of likely N-dealkylation sites (N-methyl/N-ethyl adjacent to an activating group) is 2. The van der Waals surface area contributed by atoms with Gasteiger partial charge < -0.3 is 20.4 Å². The average molecular weight is 517 g/mol. The van der Waals surface area contributed by atoms with Gasteiger partial charge in [-0.3, -0.25) is 4.79 Å². The molecule has 1 aliphatic heterocycles. The van der Waals surface area contributed by atoms with Crippen molar-refractivity contribution >= 4 is 17.2 Å². The molecular formula is C33H48N4O. The molecule has 5 heteroatoms. The third-order valence-electron chi connectivity index (χ3n) is 8.10. The zero-order chi connectivity index (χ0) is 27.4. The summed E-state index contributed by atoms with van der Waals surface area (Å²) in [4.78, 5) is 18.2. The van der Waals surface area contributed by atoms with Gasteiger partial charge in [-0.1, -0.05) is 43.7 Å². The standard InChI is InChI=1S/C33H48N4O/c1-8-10-30(35-22(3)4)28-17-23(5)11-12-31(28)37(7)21-24-18-27-26(25-13-15-36(6)16-14-25)20-32(38)29(19-24)33(27)34-9-2/h10-12,17-20,22,25,29,33-35H,8-9,13-16,21H2,1-7H3/b30-10-. The number of aryl methyl sites for hydroxylation is 1. The molecule has 1 aromatic carbocycles. The number of carbonyl (C=O) groups is 1. The van der Waals surface area contributed by atoms with Crippen LogP contribution in [0, 0.1) is 18.8 Å². The molecule has 1 heterocycles. The zero-order valence-corrected chi connectivity index (χ0v) is 24.6. The second kappa shape index (κ2) is 12.5. The Labute approximate surface area is 230 Å². The van der Waals surface area contributed by atoms with Crippen LogP contribution >= 0.6 is 0 Å². The maximum atomic E-state index is 13.4. The molecule has 206 valence electrons. The number of anilines is 1. The lowest BCUT2D eigenvalue weighted by molar-refractivity contribution is -0.117. The molecule has 3 aliphatic rings. The lowest BCUT2D eigenvalue weighted by atomic mass is 9.70. The van der Waals surface area contributed by atoms with Crippen molar-refractivity contribution in [2.45, 2.75) is 66.0 Å². The Hall–Kier alpha value is -2.63. The molecule has 1 aromatic rings. The SMILES string of the molecule is CC/C=C(\NC(C)C)c1cc(C)ccc1N(C)CC1=CC2C(=O)C=C(C3CCN(C)CC3)C(=C1)C2NCC. The van der Waals surface area contributed by atoms with Gasteiger partial charge in [-0.15, -0.1) is 0 Å². The van der Waals surface area contributed by atoms with E-state index < -0.39 is 0 Å². The summed E-state index contributed by atoms with van der Waals surface area (Å²) >= 11 is 0. The van der Waals surface area contributed by atoms with Crippen molar-refractivity contribution in [1.82, 2.24) is 15.5 Å². The molecule has 1 fully saturated rings. The number of fused-ring (bicyclic) bond motifs is 2. The minimum Gasteiger partial charge on any atom is -0.383 e. The van der Waals surface area contributed by atoms with Crippen LogP contribution in [0.5, 0.6) is 0 Å². The van der Waals surface area contributed by atoms with E-state index in [9.17, 15) is 4.79 Å². The number of allylic oxidation sites excluding steroid dienone is 2. The van der Waals surface area contributed by atoms with E-state index in [-0.39, 0.29) is 17.7 Å². The van der Waals surface area contributed by atoms with Crippen molar-refractivity contribution in [1.29, 1.82) is 0 Å². The molecule has 2 N–H and O–H groups in total. The van der Waals surface area contributed by atoms with Gasteiger partial charge in [0.25, 0.3) is 0 Å². The molecular weight excluding hydrogens is 468 g/mol. The van der Waals surface area contributed by atoms with Gasteiger partial charge in [0, 0.05) is 42.6 Å². The minimum absolute atomic E-state index is 0.0884. The summed E-state index contributed by atoms with van der Waals surface area (Å²) in [5.41, 5.74) is 8.75. The average Bonchev–Trinajstić information content (AvgIpc) is 2.87. The number of hydrogen-bond donors (Lipinski definition) is 2. The highest BCUT2D eigenvalue weighted by atomic mass is 16.1. The van der Waals surface area contributed by atoms with Gasteiger partial charge in [-0.2, -0.15) is 0 Å². The van der Waals surface area contributed by atoms with E-state index in [2.05, 4.69) is 106 Å². The molecule has 0 radical (unpaired) electrons. The zero-order valence-electron chi connectivity index (χ0n) is 24.6. The van der Waals surface area contributed by atoms with Crippen molar-refractivity contribution in [2.24, 2.45) is 11.8 Å². The number of hydrogen-bond acceptors (Lipinski definition) is 5. The van der Waals surface area contributed by atoms with Crippen LogP contribution in [-0.4, -0.2) is 63.0 Å². The third kappa shape index (κ3) is 6.32. The van der Waals surface area contributed by atoms with Crippen LogP contribution in [0.3, 0.4) is 0 Å². The van der Waals surface area contributed by atoms with Gasteiger partial charge in [0.05, 0.1) is 5.92 Å². The fourth-order valence-corrected chi connectivity index (χ4v) is 6.25. The molecule has 0 spiro atoms. The van der Waals surface area contributed by atoms with Crippen LogP contribution in [0.4, 0.5) is 5.69 Å². The van der Waals surface area contributed by atoms with Gasteiger partial charge in [0.1, 0.15) is 0 Å². The Morgan fingerprint density at radius 1 is 1.16 bits per heavy atom. The lowest BCUT2D eigenvalue weighted by Gasteiger charge is -2.40. The summed E-state index contributed by atoms with van der Waals surface area (Å²) in [6.07, 6.45) is 12.1. The van der Waals surface area contributed by atoms with Gasteiger partial charge in [-0.25, -0.2) is 0 Å². The predicted molar refractivity (Wildman–Crippen MR) is 161 cm³/mol. The topological polar surface area (TPSA) is 47.6 Å². The van der Waals surface area contributed by atoms with E-state index in [1.165, 1.54) is 39.2 Å². The van der Waals surface area contributed by atoms with Crippen LogP contribution in [0.15, 0.2) is 59.2 Å². The Balaban J connectivity index is 1.65. The Morgan fingerprint density at radius 3 is 2.55 bits per heavy atom. The van der Waals surface area contributed by atoms with Gasteiger partial charge >= 0.3 is 0 Å². The molecule has 2 atom stereocenters. The van der Waals surface area contributed by atoms with E-state index in [4.69, 9.17) is 0 Å². The monoisotopic (exact) mass is 516 g/mol. The quantitative estimate of drug-likeness (QED) is 0.431. The Kier molecular flexibility index (Phi) is 9.32. The van der Waals surface area contributed by atoms with Crippen LogP contribution in [-0.2, 0) is 4.79 Å². The normalized spacial score (nSPS) is 22.8. The van der Waals surface area contributed by atoms with Crippen LogP contribution in [0.1, 0.15) is 58.1 Å². The summed E-state index contributed by atoms with van der Waals surface area (Å²) in [5, 5.41) is 7.32. The number of nitrogens with zero attached hydrogens (tertiary/aromatic N) is 2. The molecule has 0 aromatic heterocycles. The van der Waals surface area contributed by atoms with E-state index in [1.54, 1.807) is 0 Å². The van der Waals surface area contributed by atoms with E-state index >= 15 is 0 Å². The minimum atomic E-state index is -0.121. The van der Waals surface area contributed by atoms with Gasteiger partial charge in [0.2, 0.25) is 0 Å². The summed E-state index contributed by atoms with van der Waals surface area (Å²) in [6, 6.07) is 7.17. The maximum Gasteiger partial charge on any atom is 0.164 e. The van der Waals surface area contributed by atoms with Crippen molar-refractivity contribution < 1.29 is 4.79 Å². The van der Waals surface area contributed by atoms with Crippen LogP contribution in [0.2, 0.25) is 0 Å². The number of carbonyl (C=O) groups excluding carboxylic acids is 1. The number of nitrogens with one attached hydrogen (secondary N) is 2. The van der Waals surface area contributed by atoms with Crippen molar-refractivity contribution in [3.8, 4) is 0 Å². The number of ketones is 1. The predicted octanol–water partition coefficient (Wildman–Crippen LogP) is 5.49. The molecule has 38 heavy (non-hydrogen) atoms. The fraction of sp³-hybridized carbons (Fsp3) is 0.545. The molecule has 1 saturated heterocycles. The summed E-state index contributed by atoms with van der Waals surface area (Å²) in [5.74, 6) is 0.601. The smallest absolute Gasteiger partial charge is 0.164 e. The Morgan fingerprint density at radius 2 is 1.89 bits per heavy atom. The van der Waals surface area contributed by atoms with E-state index in [0.717, 1.165) is 45.4 Å².